The van der Waals surface area contributed by atoms with Crippen molar-refractivity contribution in [2.45, 2.75) is 239 Å². The molecule has 0 rings (SSSR count). The summed E-state index contributed by atoms with van der Waals surface area (Å²) in [5.41, 5.74) is 0. The van der Waals surface area contributed by atoms with Crippen LogP contribution in [-0.4, -0.2) is 37.2 Å². The van der Waals surface area contributed by atoms with Gasteiger partial charge in [-0.2, -0.15) is 0 Å². The average molecular weight is 889 g/mol. The zero-order chi connectivity index (χ0) is 46.5. The van der Waals surface area contributed by atoms with Crippen LogP contribution in [-0.2, 0) is 28.6 Å². The maximum Gasteiger partial charge on any atom is 0.306 e. The number of esters is 3. The van der Waals surface area contributed by atoms with E-state index in [0.29, 0.717) is 19.3 Å². The molecule has 0 amide bonds. The van der Waals surface area contributed by atoms with Crippen LogP contribution in [0.4, 0.5) is 0 Å². The third kappa shape index (κ3) is 49.3. The molecular weight excluding hydrogens is 793 g/mol. The maximum absolute atomic E-state index is 12.7. The fourth-order valence-corrected chi connectivity index (χ4v) is 6.93. The third-order valence-corrected chi connectivity index (χ3v) is 10.9. The molecule has 0 bridgehead atoms. The lowest BCUT2D eigenvalue weighted by molar-refractivity contribution is -0.167. The van der Waals surface area contributed by atoms with Gasteiger partial charge in [-0.3, -0.25) is 14.4 Å². The molecule has 6 nitrogen and oxygen atoms in total. The summed E-state index contributed by atoms with van der Waals surface area (Å²) in [5, 5.41) is 0. The van der Waals surface area contributed by atoms with Gasteiger partial charge in [-0.05, 0) is 83.5 Å². The van der Waals surface area contributed by atoms with Crippen molar-refractivity contribution >= 4 is 17.9 Å². The van der Waals surface area contributed by atoms with E-state index in [1.807, 2.05) is 0 Å². The van der Waals surface area contributed by atoms with Gasteiger partial charge in [0.1, 0.15) is 13.2 Å². The monoisotopic (exact) mass is 889 g/mol. The number of unbranched alkanes of at least 4 members (excludes halogenated alkanes) is 19. The molecule has 1 atom stereocenters. The van der Waals surface area contributed by atoms with Gasteiger partial charge >= 0.3 is 17.9 Å². The summed E-state index contributed by atoms with van der Waals surface area (Å²) >= 11 is 0. The Morgan fingerprint density at radius 1 is 0.328 bits per heavy atom. The third-order valence-electron chi connectivity index (χ3n) is 10.9. The molecule has 0 heterocycles. The minimum absolute atomic E-state index is 0.0904. The summed E-state index contributed by atoms with van der Waals surface area (Å²) in [5.74, 6) is -0.948. The standard InChI is InChI=1S/C58H96O6/c1-4-7-10-13-16-18-20-22-23-24-25-26-27-28-29-30-31-32-33-34-35-37-38-40-42-45-48-51-57(60)63-54-55(53-62-56(59)50-47-44-15-12-9-6-3)64-58(61)52-49-46-43-41-39-36-21-19-17-14-11-8-5-2/h7,10,16,18,22-23,25-26,28-29,31-32,34-35,38,40,55H,4-6,8-9,11-15,17,19-21,24,27,30,33,36-37,39,41-54H2,1-3H3/b10-7-,18-16-,23-22-,26-25-,29-28-,32-31-,35-34-,40-38-. The molecule has 0 N–H and O–H groups in total. The molecule has 0 aromatic rings. The predicted octanol–water partition coefficient (Wildman–Crippen LogP) is 17.4. The van der Waals surface area contributed by atoms with E-state index < -0.39 is 6.10 Å². The summed E-state index contributed by atoms with van der Waals surface area (Å²) < 4.78 is 16.7. The molecule has 0 aliphatic carbocycles. The average Bonchev–Trinajstić information content (AvgIpc) is 3.29. The number of rotatable bonds is 46. The molecular formula is C58H96O6. The van der Waals surface area contributed by atoms with Crippen LogP contribution in [0.15, 0.2) is 97.2 Å². The number of allylic oxidation sites excluding steroid dienone is 16. The van der Waals surface area contributed by atoms with Crippen LogP contribution >= 0.6 is 0 Å². The van der Waals surface area contributed by atoms with E-state index in [4.69, 9.17) is 14.2 Å². The van der Waals surface area contributed by atoms with E-state index in [0.717, 1.165) is 109 Å². The molecule has 364 valence electrons. The van der Waals surface area contributed by atoms with Crippen LogP contribution in [0.5, 0.6) is 0 Å². The second kappa shape index (κ2) is 52.0. The van der Waals surface area contributed by atoms with Crippen LogP contribution < -0.4 is 0 Å². The molecule has 0 fully saturated rings. The maximum atomic E-state index is 12.7. The highest BCUT2D eigenvalue weighted by atomic mass is 16.6. The first-order chi connectivity index (χ1) is 31.5. The van der Waals surface area contributed by atoms with Crippen LogP contribution in [0.1, 0.15) is 233 Å². The predicted molar refractivity (Wildman–Crippen MR) is 274 cm³/mol. The zero-order valence-electron chi connectivity index (χ0n) is 41.5. The van der Waals surface area contributed by atoms with Gasteiger partial charge in [0.05, 0.1) is 0 Å². The van der Waals surface area contributed by atoms with E-state index in [-0.39, 0.29) is 31.1 Å². The molecule has 0 aliphatic heterocycles. The first kappa shape index (κ1) is 60.3. The first-order valence-corrected chi connectivity index (χ1v) is 26.2. The van der Waals surface area contributed by atoms with Gasteiger partial charge in [0.15, 0.2) is 6.10 Å². The molecule has 0 saturated carbocycles. The van der Waals surface area contributed by atoms with E-state index in [2.05, 4.69) is 118 Å². The quantitative estimate of drug-likeness (QED) is 0.0262. The van der Waals surface area contributed by atoms with Gasteiger partial charge < -0.3 is 14.2 Å². The van der Waals surface area contributed by atoms with Crippen molar-refractivity contribution in [3.8, 4) is 0 Å². The number of carbonyl (C=O) groups is 3. The minimum atomic E-state index is -0.790. The first-order valence-electron chi connectivity index (χ1n) is 26.2. The Bertz CT molecular complexity index is 1300. The van der Waals surface area contributed by atoms with Crippen molar-refractivity contribution in [1.82, 2.24) is 0 Å². The van der Waals surface area contributed by atoms with Crippen LogP contribution in [0.3, 0.4) is 0 Å². The Balaban J connectivity index is 4.26. The van der Waals surface area contributed by atoms with Crippen LogP contribution in [0, 0.1) is 0 Å². The molecule has 64 heavy (non-hydrogen) atoms. The van der Waals surface area contributed by atoms with Gasteiger partial charge in [-0.25, -0.2) is 0 Å². The van der Waals surface area contributed by atoms with Crippen molar-refractivity contribution in [3.05, 3.63) is 97.2 Å². The van der Waals surface area contributed by atoms with Crippen molar-refractivity contribution in [1.29, 1.82) is 0 Å². The Kier molecular flexibility index (Phi) is 49.0. The normalized spacial score (nSPS) is 12.9. The number of carbonyl (C=O) groups excluding carboxylic acids is 3. The minimum Gasteiger partial charge on any atom is -0.462 e. The largest absolute Gasteiger partial charge is 0.462 e. The zero-order valence-corrected chi connectivity index (χ0v) is 41.5. The molecule has 0 aromatic heterocycles. The van der Waals surface area contributed by atoms with Gasteiger partial charge in [0.25, 0.3) is 0 Å². The lowest BCUT2D eigenvalue weighted by atomic mass is 10.0. The number of ether oxygens (including phenoxy) is 3. The smallest absolute Gasteiger partial charge is 0.306 e. The molecule has 0 spiro atoms. The number of hydrogen-bond acceptors (Lipinski definition) is 6. The SMILES string of the molecule is CC/C=C\C/C=C\C/C=C\C/C=C\C/C=C\C/C=C\C/C=C\C/C=C\CCCCC(=O)OCC(COC(=O)CCCCCCCC)OC(=O)CCCCCCCCCCCCCCC. The van der Waals surface area contributed by atoms with Gasteiger partial charge in [-0.1, -0.05) is 227 Å². The van der Waals surface area contributed by atoms with E-state index in [9.17, 15) is 14.4 Å². The summed E-state index contributed by atoms with van der Waals surface area (Å²) in [6.45, 7) is 6.42. The molecule has 1 unspecified atom stereocenters. The Morgan fingerprint density at radius 2 is 0.609 bits per heavy atom. The highest BCUT2D eigenvalue weighted by Crippen LogP contribution is 2.14. The molecule has 0 aliphatic rings. The van der Waals surface area contributed by atoms with Crippen LogP contribution in [0.25, 0.3) is 0 Å². The fourth-order valence-electron chi connectivity index (χ4n) is 6.93. The van der Waals surface area contributed by atoms with E-state index in [1.54, 1.807) is 0 Å². The number of hydrogen-bond donors (Lipinski definition) is 0. The van der Waals surface area contributed by atoms with Gasteiger partial charge in [0.2, 0.25) is 0 Å². The van der Waals surface area contributed by atoms with Crippen molar-refractivity contribution < 1.29 is 28.6 Å². The highest BCUT2D eigenvalue weighted by molar-refractivity contribution is 5.71. The lowest BCUT2D eigenvalue weighted by Gasteiger charge is -2.18. The summed E-state index contributed by atoms with van der Waals surface area (Å²) in [6.07, 6.45) is 68.5. The van der Waals surface area contributed by atoms with E-state index in [1.165, 1.54) is 83.5 Å². The van der Waals surface area contributed by atoms with Crippen molar-refractivity contribution in [2.75, 3.05) is 13.2 Å². The fraction of sp³-hybridized carbons (Fsp3) is 0.672. The summed E-state index contributed by atoms with van der Waals surface area (Å²) in [6, 6.07) is 0. The molecule has 0 aromatic carbocycles. The topological polar surface area (TPSA) is 78.9 Å². The summed E-state index contributed by atoms with van der Waals surface area (Å²) in [4.78, 5) is 37.7. The molecule has 0 radical (unpaired) electrons. The van der Waals surface area contributed by atoms with Crippen molar-refractivity contribution in [2.24, 2.45) is 0 Å². The van der Waals surface area contributed by atoms with Gasteiger partial charge in [0, 0.05) is 19.3 Å². The Morgan fingerprint density at radius 3 is 0.953 bits per heavy atom. The molecule has 6 heteroatoms. The van der Waals surface area contributed by atoms with Crippen LogP contribution in [0.2, 0.25) is 0 Å². The molecule has 0 saturated heterocycles. The van der Waals surface area contributed by atoms with E-state index >= 15 is 0 Å². The summed E-state index contributed by atoms with van der Waals surface area (Å²) in [7, 11) is 0. The Hall–Kier alpha value is -3.67. The van der Waals surface area contributed by atoms with Gasteiger partial charge in [-0.15, -0.1) is 0 Å². The second-order valence-electron chi connectivity index (χ2n) is 17.1. The Labute approximate surface area is 394 Å². The van der Waals surface area contributed by atoms with Crippen molar-refractivity contribution in [3.63, 3.8) is 0 Å². The lowest BCUT2D eigenvalue weighted by Crippen LogP contribution is -2.30. The highest BCUT2D eigenvalue weighted by Gasteiger charge is 2.19. The second-order valence-corrected chi connectivity index (χ2v) is 17.1.